The van der Waals surface area contributed by atoms with Gasteiger partial charge >= 0.3 is 0 Å². The first kappa shape index (κ1) is 11.8. The molecule has 0 atom stereocenters. The van der Waals surface area contributed by atoms with E-state index in [9.17, 15) is 22.3 Å². The molecule has 0 aromatic heterocycles. The molecule has 1 fully saturated rings. The van der Waals surface area contributed by atoms with Crippen LogP contribution in [0, 0.1) is 0 Å². The Balaban J connectivity index is 2.81. The van der Waals surface area contributed by atoms with Gasteiger partial charge in [0.2, 0.25) is 0 Å². The summed E-state index contributed by atoms with van der Waals surface area (Å²) >= 11 is 0. The van der Waals surface area contributed by atoms with Gasteiger partial charge in [0.15, 0.2) is 9.84 Å². The van der Waals surface area contributed by atoms with Crippen LogP contribution in [0.3, 0.4) is 0 Å². The van der Waals surface area contributed by atoms with Gasteiger partial charge in [-0.15, -0.1) is 0 Å². The van der Waals surface area contributed by atoms with E-state index in [0.29, 0.717) is 0 Å². The fourth-order valence-corrected chi connectivity index (χ4v) is 2.93. The van der Waals surface area contributed by atoms with Crippen molar-refractivity contribution in [1.82, 2.24) is 0 Å². The molecule has 3 N–H and O–H groups in total. The minimum atomic E-state index is -3.41. The molecular weight excluding hydrogens is 216 g/mol. The molecule has 1 saturated heterocycles. The Morgan fingerprint density at radius 1 is 1.36 bits per heavy atom. The lowest BCUT2D eigenvalue weighted by Gasteiger charge is -2.37. The number of sulfone groups is 1. The maximum absolute atomic E-state index is 13.1. The Kier molecular flexibility index (Phi) is 2.86. The summed E-state index contributed by atoms with van der Waals surface area (Å²) in [6.07, 6.45) is -0.890. The van der Waals surface area contributed by atoms with Gasteiger partial charge in [0, 0.05) is 0 Å². The number of alkyl halides is 2. The summed E-state index contributed by atoms with van der Waals surface area (Å²) in [4.78, 5) is 0. The van der Waals surface area contributed by atoms with E-state index < -0.39 is 52.3 Å². The SMILES string of the molecule is NCC(F)(F)C1(O)CCS(=O)(=O)CC1. The molecule has 84 valence electrons. The first-order valence-electron chi connectivity index (χ1n) is 4.23. The maximum Gasteiger partial charge on any atom is 0.288 e. The van der Waals surface area contributed by atoms with Crippen LogP contribution in [-0.2, 0) is 9.84 Å². The molecule has 0 aromatic carbocycles. The fraction of sp³-hybridized carbons (Fsp3) is 1.00. The van der Waals surface area contributed by atoms with E-state index in [4.69, 9.17) is 5.73 Å². The van der Waals surface area contributed by atoms with E-state index >= 15 is 0 Å². The highest BCUT2D eigenvalue weighted by atomic mass is 32.2. The Labute approximate surface area is 81.0 Å². The summed E-state index contributed by atoms with van der Waals surface area (Å²) in [6, 6.07) is 0. The van der Waals surface area contributed by atoms with Gasteiger partial charge in [-0.1, -0.05) is 0 Å². The van der Waals surface area contributed by atoms with Gasteiger partial charge in [-0.2, -0.15) is 0 Å². The fourth-order valence-electron chi connectivity index (χ4n) is 1.43. The van der Waals surface area contributed by atoms with E-state index in [1.807, 2.05) is 0 Å². The van der Waals surface area contributed by atoms with Gasteiger partial charge in [-0.05, 0) is 12.8 Å². The molecule has 7 heteroatoms. The van der Waals surface area contributed by atoms with Gasteiger partial charge in [0.1, 0.15) is 5.60 Å². The van der Waals surface area contributed by atoms with Crippen molar-refractivity contribution in [2.24, 2.45) is 5.73 Å². The minimum absolute atomic E-state index is 0.404. The van der Waals surface area contributed by atoms with Crippen LogP contribution in [0.2, 0.25) is 0 Å². The Hall–Kier alpha value is -0.270. The smallest absolute Gasteiger partial charge is 0.288 e. The van der Waals surface area contributed by atoms with Crippen LogP contribution in [-0.4, -0.2) is 43.1 Å². The normalized spacial score (nSPS) is 26.0. The molecule has 0 aliphatic carbocycles. The van der Waals surface area contributed by atoms with Gasteiger partial charge in [-0.3, -0.25) is 0 Å². The van der Waals surface area contributed by atoms with Gasteiger partial charge in [0.25, 0.3) is 5.92 Å². The number of rotatable bonds is 2. The molecule has 4 nitrogen and oxygen atoms in total. The molecule has 0 spiro atoms. The maximum atomic E-state index is 13.1. The second kappa shape index (κ2) is 3.39. The second-order valence-electron chi connectivity index (χ2n) is 3.59. The zero-order valence-electron chi connectivity index (χ0n) is 7.54. The van der Waals surface area contributed by atoms with Crippen LogP contribution in [0.15, 0.2) is 0 Å². The number of hydrogen-bond acceptors (Lipinski definition) is 4. The monoisotopic (exact) mass is 229 g/mol. The average Bonchev–Trinajstić information content (AvgIpc) is 2.10. The van der Waals surface area contributed by atoms with Crippen LogP contribution in [0.4, 0.5) is 8.78 Å². The second-order valence-corrected chi connectivity index (χ2v) is 5.90. The number of aliphatic hydroxyl groups is 1. The molecular formula is C7H13F2NO3S. The van der Waals surface area contributed by atoms with E-state index in [1.54, 1.807) is 0 Å². The summed E-state index contributed by atoms with van der Waals surface area (Å²) in [5.41, 5.74) is 2.57. The van der Waals surface area contributed by atoms with Crippen LogP contribution >= 0.6 is 0 Å². The average molecular weight is 229 g/mol. The van der Waals surface area contributed by atoms with Crippen molar-refractivity contribution in [3.63, 3.8) is 0 Å². The third-order valence-corrected chi connectivity index (χ3v) is 4.24. The standard InChI is InChI=1S/C7H13F2NO3S/c8-7(9,5-10)6(11)1-3-14(12,13)4-2-6/h11H,1-5,10H2. The molecule has 1 aliphatic heterocycles. The summed E-state index contributed by atoms with van der Waals surface area (Å²) in [7, 11) is -3.26. The lowest BCUT2D eigenvalue weighted by Crippen LogP contribution is -2.56. The molecule has 14 heavy (non-hydrogen) atoms. The third-order valence-electron chi connectivity index (χ3n) is 2.59. The third kappa shape index (κ3) is 2.04. The van der Waals surface area contributed by atoms with Crippen molar-refractivity contribution >= 4 is 9.84 Å². The van der Waals surface area contributed by atoms with E-state index in [2.05, 4.69) is 0 Å². The van der Waals surface area contributed by atoms with Crippen LogP contribution in [0.5, 0.6) is 0 Å². The van der Waals surface area contributed by atoms with Crippen LogP contribution in [0.25, 0.3) is 0 Å². The van der Waals surface area contributed by atoms with E-state index in [1.165, 1.54) is 0 Å². The molecule has 0 amide bonds. The number of halogens is 2. The highest BCUT2D eigenvalue weighted by molar-refractivity contribution is 7.91. The van der Waals surface area contributed by atoms with E-state index in [-0.39, 0.29) is 0 Å². The van der Waals surface area contributed by atoms with Crippen molar-refractivity contribution in [1.29, 1.82) is 0 Å². The first-order valence-corrected chi connectivity index (χ1v) is 6.05. The van der Waals surface area contributed by atoms with Crippen molar-refractivity contribution in [3.8, 4) is 0 Å². The summed E-state index contributed by atoms with van der Waals surface area (Å²) in [6.45, 7) is -0.969. The molecule has 1 rings (SSSR count). The predicted molar refractivity (Wildman–Crippen MR) is 46.8 cm³/mol. The Bertz CT molecular complexity index is 301. The summed E-state index contributed by atoms with van der Waals surface area (Å²) in [5, 5.41) is 9.54. The topological polar surface area (TPSA) is 80.4 Å². The number of hydrogen-bond donors (Lipinski definition) is 2. The van der Waals surface area contributed by atoms with Gasteiger partial charge in [-0.25, -0.2) is 17.2 Å². The summed E-state index contributed by atoms with van der Waals surface area (Å²) in [5.74, 6) is -4.22. The van der Waals surface area contributed by atoms with Crippen LogP contribution < -0.4 is 5.73 Å². The highest BCUT2D eigenvalue weighted by Gasteiger charge is 2.53. The molecule has 0 aromatic rings. The van der Waals surface area contributed by atoms with Crippen molar-refractivity contribution < 1.29 is 22.3 Å². The van der Waals surface area contributed by atoms with Gasteiger partial charge < -0.3 is 10.8 Å². The van der Waals surface area contributed by atoms with Crippen molar-refractivity contribution in [2.75, 3.05) is 18.1 Å². The lowest BCUT2D eigenvalue weighted by molar-refractivity contribution is -0.178. The molecule has 1 aliphatic rings. The molecule has 0 bridgehead atoms. The largest absolute Gasteiger partial charge is 0.383 e. The molecule has 0 saturated carbocycles. The van der Waals surface area contributed by atoms with Crippen molar-refractivity contribution in [2.45, 2.75) is 24.4 Å². The zero-order chi connectivity index (χ0) is 11.0. The van der Waals surface area contributed by atoms with E-state index in [0.717, 1.165) is 0 Å². The Morgan fingerprint density at radius 3 is 2.14 bits per heavy atom. The molecule has 0 radical (unpaired) electrons. The van der Waals surface area contributed by atoms with Crippen molar-refractivity contribution in [3.05, 3.63) is 0 Å². The lowest BCUT2D eigenvalue weighted by atomic mass is 9.89. The number of nitrogens with two attached hydrogens (primary N) is 1. The highest BCUT2D eigenvalue weighted by Crippen LogP contribution is 2.37. The predicted octanol–water partition coefficient (Wildman–Crippen LogP) is -0.480. The Morgan fingerprint density at radius 2 is 1.79 bits per heavy atom. The molecule has 1 heterocycles. The minimum Gasteiger partial charge on any atom is -0.383 e. The molecule has 0 unspecified atom stereocenters. The quantitative estimate of drug-likeness (QED) is 0.670. The first-order chi connectivity index (χ1) is 6.22. The summed E-state index contributed by atoms with van der Waals surface area (Å²) < 4.78 is 48.1. The zero-order valence-corrected chi connectivity index (χ0v) is 8.36. The van der Waals surface area contributed by atoms with Crippen LogP contribution in [0.1, 0.15) is 12.8 Å². The van der Waals surface area contributed by atoms with Gasteiger partial charge in [0.05, 0.1) is 18.1 Å².